The number of rotatable bonds is 7. The first kappa shape index (κ1) is 20.3. The van der Waals surface area contributed by atoms with Gasteiger partial charge in [-0.1, -0.05) is 74.9 Å². The fourth-order valence-corrected chi connectivity index (χ4v) is 6.96. The Labute approximate surface area is 176 Å². The number of hydrogen-bond donors (Lipinski definition) is 1. The molecule has 1 fully saturated rings. The minimum Gasteiger partial charge on any atom is -0.398 e. The molecular formula is C26H33N2P. The Morgan fingerprint density at radius 2 is 1.86 bits per heavy atom. The lowest BCUT2D eigenvalue weighted by molar-refractivity contribution is 0.831. The van der Waals surface area contributed by atoms with Crippen LogP contribution in [0.15, 0.2) is 60.7 Å². The van der Waals surface area contributed by atoms with Gasteiger partial charge in [0.2, 0.25) is 0 Å². The van der Waals surface area contributed by atoms with Crippen LogP contribution in [0.3, 0.4) is 0 Å². The van der Waals surface area contributed by atoms with Gasteiger partial charge in [0.1, 0.15) is 0 Å². The van der Waals surface area contributed by atoms with Crippen molar-refractivity contribution in [2.45, 2.75) is 32.1 Å². The Bertz CT molecular complexity index is 980. The fraction of sp³-hybridized carbons (Fsp3) is 0.346. The first-order valence-electron chi connectivity index (χ1n) is 10.7. The Kier molecular flexibility index (Phi) is 5.86. The van der Waals surface area contributed by atoms with Crippen molar-refractivity contribution in [1.29, 1.82) is 0 Å². The zero-order chi connectivity index (χ0) is 20.4. The summed E-state index contributed by atoms with van der Waals surface area (Å²) >= 11 is 0. The number of allylic oxidation sites excluding steroid dienone is 4. The van der Waals surface area contributed by atoms with Crippen molar-refractivity contribution >= 4 is 24.6 Å². The minimum absolute atomic E-state index is 0.512. The van der Waals surface area contributed by atoms with Crippen molar-refractivity contribution in [2.24, 2.45) is 0 Å². The van der Waals surface area contributed by atoms with Crippen molar-refractivity contribution in [2.75, 3.05) is 31.6 Å². The Hall–Kier alpha value is -2.02. The Morgan fingerprint density at radius 1 is 1.10 bits per heavy atom. The van der Waals surface area contributed by atoms with Gasteiger partial charge < -0.3 is 5.73 Å². The molecule has 2 N–H and O–H groups in total. The van der Waals surface area contributed by atoms with E-state index in [9.17, 15) is 0 Å². The second-order valence-electron chi connectivity index (χ2n) is 8.85. The van der Waals surface area contributed by atoms with E-state index in [1.807, 2.05) is 0 Å². The van der Waals surface area contributed by atoms with Crippen LogP contribution >= 0.6 is 7.04 Å². The van der Waals surface area contributed by atoms with Crippen molar-refractivity contribution in [3.05, 3.63) is 82.9 Å². The van der Waals surface area contributed by atoms with E-state index in [0.717, 1.165) is 24.9 Å². The van der Waals surface area contributed by atoms with Gasteiger partial charge in [-0.05, 0) is 71.9 Å². The average molecular weight is 405 g/mol. The molecule has 2 nitrogen and oxygen atoms in total. The third kappa shape index (κ3) is 4.94. The highest BCUT2D eigenvalue weighted by Crippen LogP contribution is 2.52. The topological polar surface area (TPSA) is 29.0 Å². The van der Waals surface area contributed by atoms with Gasteiger partial charge in [-0.3, -0.25) is 4.67 Å². The van der Waals surface area contributed by atoms with Crippen LogP contribution in [0.4, 0.5) is 5.69 Å². The van der Waals surface area contributed by atoms with Gasteiger partial charge >= 0.3 is 0 Å². The van der Waals surface area contributed by atoms with Crippen molar-refractivity contribution in [3.63, 3.8) is 0 Å². The standard InChI is InChI=1S/C26H33N2P/c1-20(19-29(2,3)28-15-16-28)24-13-14-26(27)25(18-24)17-21-9-11-23(12-10-21)22-7-5-4-6-8-22/h5,7-14,18,20H,2,4,6,15-17,19,27H2,1,3H3. The maximum Gasteiger partial charge on any atom is 0.0350 e. The Morgan fingerprint density at radius 3 is 2.52 bits per heavy atom. The highest BCUT2D eigenvalue weighted by Gasteiger charge is 2.29. The molecule has 29 heavy (non-hydrogen) atoms. The predicted molar refractivity (Wildman–Crippen MR) is 131 cm³/mol. The van der Waals surface area contributed by atoms with Crippen LogP contribution in [-0.4, -0.2) is 36.9 Å². The summed E-state index contributed by atoms with van der Waals surface area (Å²) in [6, 6.07) is 15.6. The predicted octanol–water partition coefficient (Wildman–Crippen LogP) is 6.01. The maximum atomic E-state index is 6.34. The molecule has 1 aliphatic heterocycles. The molecule has 0 bridgehead atoms. The van der Waals surface area contributed by atoms with Gasteiger partial charge in [0.25, 0.3) is 0 Å². The third-order valence-electron chi connectivity index (χ3n) is 6.19. The molecule has 152 valence electrons. The molecule has 0 aromatic heterocycles. The van der Waals surface area contributed by atoms with Crippen LogP contribution < -0.4 is 5.73 Å². The monoisotopic (exact) mass is 404 g/mol. The second kappa shape index (κ2) is 8.38. The lowest BCUT2D eigenvalue weighted by Gasteiger charge is -2.25. The summed E-state index contributed by atoms with van der Waals surface area (Å²) in [5.74, 6) is 0.512. The number of nitrogens with zero attached hydrogens (tertiary/aromatic N) is 1. The molecular weight excluding hydrogens is 371 g/mol. The van der Waals surface area contributed by atoms with Crippen molar-refractivity contribution < 1.29 is 0 Å². The van der Waals surface area contributed by atoms with E-state index in [1.54, 1.807) is 0 Å². The molecule has 1 heterocycles. The molecule has 2 aliphatic rings. The smallest absolute Gasteiger partial charge is 0.0350 e. The molecule has 0 radical (unpaired) electrons. The quantitative estimate of drug-likeness (QED) is 0.348. The van der Waals surface area contributed by atoms with Crippen LogP contribution in [-0.2, 0) is 6.42 Å². The normalized spacial score (nSPS) is 19.4. The van der Waals surface area contributed by atoms with Crippen molar-refractivity contribution in [3.8, 4) is 0 Å². The van der Waals surface area contributed by atoms with E-state index in [1.165, 1.54) is 47.1 Å². The highest BCUT2D eigenvalue weighted by atomic mass is 31.2. The molecule has 1 aliphatic carbocycles. The minimum atomic E-state index is -1.20. The van der Waals surface area contributed by atoms with E-state index in [-0.39, 0.29) is 0 Å². The van der Waals surface area contributed by atoms with Gasteiger partial charge in [-0.15, -0.1) is 0 Å². The van der Waals surface area contributed by atoms with Crippen LogP contribution in [0.1, 0.15) is 47.9 Å². The molecule has 2 unspecified atom stereocenters. The first-order chi connectivity index (χ1) is 13.9. The van der Waals surface area contributed by atoms with Gasteiger partial charge in [0.15, 0.2) is 0 Å². The fourth-order valence-electron chi connectivity index (χ4n) is 4.29. The second-order valence-corrected chi connectivity index (χ2v) is 12.5. The molecule has 0 saturated carbocycles. The lowest BCUT2D eigenvalue weighted by atomic mass is 9.94. The lowest BCUT2D eigenvalue weighted by Crippen LogP contribution is -2.07. The molecule has 3 heteroatoms. The maximum absolute atomic E-state index is 6.34. The van der Waals surface area contributed by atoms with Gasteiger partial charge in [-0.2, -0.15) is 0 Å². The zero-order valence-corrected chi connectivity index (χ0v) is 18.7. The number of hydrogen-bond acceptors (Lipinski definition) is 2. The van der Waals surface area contributed by atoms with Crippen LogP contribution in [0, 0.1) is 0 Å². The number of anilines is 1. The Balaban J connectivity index is 1.48. The van der Waals surface area contributed by atoms with Gasteiger partial charge in [-0.25, -0.2) is 0 Å². The van der Waals surface area contributed by atoms with Crippen LogP contribution in [0.2, 0.25) is 0 Å². The molecule has 2 atom stereocenters. The summed E-state index contributed by atoms with van der Waals surface area (Å²) in [7, 11) is -1.20. The van der Waals surface area contributed by atoms with E-state index in [4.69, 9.17) is 5.73 Å². The summed E-state index contributed by atoms with van der Waals surface area (Å²) in [6.45, 7) is 7.17. The van der Waals surface area contributed by atoms with Crippen LogP contribution in [0.25, 0.3) is 5.57 Å². The van der Waals surface area contributed by atoms with Gasteiger partial charge in [0.05, 0.1) is 0 Å². The molecule has 4 rings (SSSR count). The van der Waals surface area contributed by atoms with E-state index in [0.29, 0.717) is 5.92 Å². The number of benzene rings is 2. The summed E-state index contributed by atoms with van der Waals surface area (Å²) < 4.78 is 2.56. The molecule has 0 amide bonds. The molecule has 1 saturated heterocycles. The molecule has 0 spiro atoms. The zero-order valence-electron chi connectivity index (χ0n) is 17.8. The summed E-state index contributed by atoms with van der Waals surface area (Å²) in [4.78, 5) is 0. The number of nitrogens with two attached hydrogens (primary N) is 1. The van der Waals surface area contributed by atoms with E-state index < -0.39 is 7.04 Å². The van der Waals surface area contributed by atoms with E-state index >= 15 is 0 Å². The molecule has 2 aromatic carbocycles. The summed E-state index contributed by atoms with van der Waals surface area (Å²) in [5, 5.41) is 0. The summed E-state index contributed by atoms with van der Waals surface area (Å²) in [6.07, 6.45) is 15.7. The first-order valence-corrected chi connectivity index (χ1v) is 13.3. The van der Waals surface area contributed by atoms with E-state index in [2.05, 4.69) is 85.3 Å². The third-order valence-corrected chi connectivity index (χ3v) is 9.29. The average Bonchev–Trinajstić information content (AvgIpc) is 3.57. The van der Waals surface area contributed by atoms with Crippen LogP contribution in [0.5, 0.6) is 0 Å². The van der Waals surface area contributed by atoms with Gasteiger partial charge in [0, 0.05) is 18.8 Å². The molecule has 2 aromatic rings. The largest absolute Gasteiger partial charge is 0.398 e. The van der Waals surface area contributed by atoms with Crippen molar-refractivity contribution in [1.82, 2.24) is 4.67 Å². The highest BCUT2D eigenvalue weighted by molar-refractivity contribution is 7.71. The summed E-state index contributed by atoms with van der Waals surface area (Å²) in [5.41, 5.74) is 13.8. The number of nitrogen functional groups attached to an aromatic ring is 1. The SMILES string of the molecule is C=P(C)(CC(C)c1ccc(N)c(Cc2ccc(C3=CCCC=C3)cc2)c1)N1CC1.